The minimum Gasteiger partial charge on any atom is -0.422 e. The van der Waals surface area contributed by atoms with Crippen LogP contribution in [-0.4, -0.2) is 18.1 Å². The predicted octanol–water partition coefficient (Wildman–Crippen LogP) is 3.21. The van der Waals surface area contributed by atoms with Crippen LogP contribution in [0.2, 0.25) is 0 Å². The molecule has 106 valence electrons. The van der Waals surface area contributed by atoms with E-state index in [-0.39, 0.29) is 12.1 Å². The van der Waals surface area contributed by atoms with Gasteiger partial charge in [0.25, 0.3) is 0 Å². The van der Waals surface area contributed by atoms with Crippen LogP contribution in [-0.2, 0) is 4.79 Å². The highest BCUT2D eigenvalue weighted by atomic mass is 19.4. The summed E-state index contributed by atoms with van der Waals surface area (Å²) in [6.07, 6.45) is -6.23. The fourth-order valence-corrected chi connectivity index (χ4v) is 0.878. The van der Waals surface area contributed by atoms with Gasteiger partial charge < -0.3 is 4.74 Å². The molecular weight excluding hydrogens is 292 g/mol. The van der Waals surface area contributed by atoms with Crippen molar-refractivity contribution in [3.63, 3.8) is 0 Å². The first-order chi connectivity index (χ1) is 8.46. The van der Waals surface area contributed by atoms with Crippen LogP contribution < -0.4 is 4.74 Å². The van der Waals surface area contributed by atoms with Gasteiger partial charge in [-0.2, -0.15) is 22.0 Å². The Hall–Kier alpha value is -1.87. The van der Waals surface area contributed by atoms with Gasteiger partial charge in [-0.1, -0.05) is 0 Å². The molecule has 0 atom stereocenters. The lowest BCUT2D eigenvalue weighted by Crippen LogP contribution is -2.46. The van der Waals surface area contributed by atoms with Gasteiger partial charge >= 0.3 is 18.1 Å². The third kappa shape index (κ3) is 2.93. The number of halogens is 8. The summed E-state index contributed by atoms with van der Waals surface area (Å²) in [6.45, 7) is 0. The van der Waals surface area contributed by atoms with Crippen molar-refractivity contribution in [1.82, 2.24) is 0 Å². The van der Waals surface area contributed by atoms with E-state index in [0.717, 1.165) is 0 Å². The van der Waals surface area contributed by atoms with E-state index in [9.17, 15) is 39.9 Å². The molecule has 0 heterocycles. The quantitative estimate of drug-likeness (QED) is 0.362. The standard InChI is InChI=1S/C9H2F8O2/c10-4-1-3(2-5(11)6(4)12)19-7(18)8(13,14)9(15,16)17/h1-2H. The molecule has 0 aliphatic carbocycles. The van der Waals surface area contributed by atoms with Crippen LogP contribution in [0.15, 0.2) is 12.1 Å². The van der Waals surface area contributed by atoms with Crippen molar-refractivity contribution in [2.75, 3.05) is 0 Å². The molecule has 0 fully saturated rings. The summed E-state index contributed by atoms with van der Waals surface area (Å²) in [5, 5.41) is 0. The van der Waals surface area contributed by atoms with Crippen LogP contribution in [0.1, 0.15) is 0 Å². The van der Waals surface area contributed by atoms with Crippen molar-refractivity contribution in [3.05, 3.63) is 29.6 Å². The van der Waals surface area contributed by atoms with Gasteiger partial charge in [0, 0.05) is 12.1 Å². The molecule has 0 aliphatic heterocycles. The third-order valence-electron chi connectivity index (χ3n) is 1.78. The van der Waals surface area contributed by atoms with Crippen LogP contribution in [0.5, 0.6) is 5.75 Å². The lowest BCUT2D eigenvalue weighted by Gasteiger charge is -2.17. The zero-order valence-electron chi connectivity index (χ0n) is 8.49. The summed E-state index contributed by atoms with van der Waals surface area (Å²) < 4.78 is 101. The molecular formula is C9H2F8O2. The molecule has 19 heavy (non-hydrogen) atoms. The number of hydrogen-bond donors (Lipinski definition) is 0. The molecule has 0 spiro atoms. The fraction of sp³-hybridized carbons (Fsp3) is 0.222. The van der Waals surface area contributed by atoms with Crippen LogP contribution in [0.3, 0.4) is 0 Å². The van der Waals surface area contributed by atoms with Gasteiger partial charge in [-0.25, -0.2) is 18.0 Å². The summed E-state index contributed by atoms with van der Waals surface area (Å²) in [4.78, 5) is 10.6. The molecule has 1 rings (SSSR count). The third-order valence-corrected chi connectivity index (χ3v) is 1.78. The molecule has 1 aromatic carbocycles. The maximum atomic E-state index is 12.6. The second-order valence-corrected chi connectivity index (χ2v) is 3.16. The van der Waals surface area contributed by atoms with Crippen molar-refractivity contribution in [3.8, 4) is 5.75 Å². The molecule has 0 aliphatic rings. The maximum Gasteiger partial charge on any atom is 0.465 e. The minimum atomic E-state index is -6.23. The van der Waals surface area contributed by atoms with E-state index in [1.165, 1.54) is 0 Å². The monoisotopic (exact) mass is 294 g/mol. The van der Waals surface area contributed by atoms with E-state index in [4.69, 9.17) is 0 Å². The Morgan fingerprint density at radius 1 is 0.947 bits per heavy atom. The van der Waals surface area contributed by atoms with Gasteiger partial charge in [0.2, 0.25) is 0 Å². The lowest BCUT2D eigenvalue weighted by atomic mass is 10.3. The van der Waals surface area contributed by atoms with Crippen molar-refractivity contribution in [1.29, 1.82) is 0 Å². The summed E-state index contributed by atoms with van der Waals surface area (Å²) in [7, 11) is 0. The largest absolute Gasteiger partial charge is 0.465 e. The summed E-state index contributed by atoms with van der Waals surface area (Å²) in [5.74, 6) is -16.1. The zero-order valence-corrected chi connectivity index (χ0v) is 8.49. The minimum absolute atomic E-state index is 0.0528. The number of esters is 1. The summed E-state index contributed by atoms with van der Waals surface area (Å²) in [6, 6.07) is -0.106. The molecule has 0 aromatic heterocycles. The molecule has 2 nitrogen and oxygen atoms in total. The molecule has 0 unspecified atom stereocenters. The Labute approximate surface area is 99.1 Å². The van der Waals surface area contributed by atoms with Gasteiger partial charge in [0.1, 0.15) is 5.75 Å². The number of ether oxygens (including phenoxy) is 1. The Kier molecular flexibility index (Phi) is 3.73. The number of carbonyl (C=O) groups excluding carboxylic acids is 1. The highest BCUT2D eigenvalue weighted by Gasteiger charge is 2.65. The molecule has 0 amide bonds. The smallest absolute Gasteiger partial charge is 0.422 e. The first-order valence-electron chi connectivity index (χ1n) is 4.28. The van der Waals surface area contributed by atoms with E-state index in [1.54, 1.807) is 0 Å². The zero-order chi connectivity index (χ0) is 15.0. The molecule has 0 N–H and O–H groups in total. The van der Waals surface area contributed by atoms with Crippen molar-refractivity contribution in [2.45, 2.75) is 12.1 Å². The highest BCUT2D eigenvalue weighted by molar-refractivity contribution is 5.80. The second kappa shape index (κ2) is 4.67. The highest BCUT2D eigenvalue weighted by Crippen LogP contribution is 2.36. The second-order valence-electron chi connectivity index (χ2n) is 3.16. The first-order valence-corrected chi connectivity index (χ1v) is 4.28. The lowest BCUT2D eigenvalue weighted by molar-refractivity contribution is -0.276. The van der Waals surface area contributed by atoms with Crippen molar-refractivity contribution in [2.24, 2.45) is 0 Å². The van der Waals surface area contributed by atoms with Crippen molar-refractivity contribution < 1.29 is 44.7 Å². The van der Waals surface area contributed by atoms with E-state index in [1.807, 2.05) is 0 Å². The SMILES string of the molecule is O=C(Oc1cc(F)c(F)c(F)c1)C(F)(F)C(F)(F)F. The molecule has 0 bridgehead atoms. The normalized spacial score (nSPS) is 12.4. The number of hydrogen-bond acceptors (Lipinski definition) is 2. The number of benzene rings is 1. The average molecular weight is 294 g/mol. The number of carbonyl (C=O) groups is 1. The molecule has 1 aromatic rings. The Morgan fingerprint density at radius 3 is 1.74 bits per heavy atom. The van der Waals surface area contributed by atoms with E-state index in [2.05, 4.69) is 4.74 Å². The van der Waals surface area contributed by atoms with Crippen molar-refractivity contribution >= 4 is 5.97 Å². The van der Waals surface area contributed by atoms with E-state index < -0.39 is 41.3 Å². The molecule has 10 heteroatoms. The summed E-state index contributed by atoms with van der Waals surface area (Å²) in [5.41, 5.74) is 0. The fourth-order valence-electron chi connectivity index (χ4n) is 0.878. The van der Waals surface area contributed by atoms with Gasteiger partial charge in [-0.3, -0.25) is 0 Å². The van der Waals surface area contributed by atoms with E-state index in [0.29, 0.717) is 0 Å². The van der Waals surface area contributed by atoms with Crippen LogP contribution in [0.25, 0.3) is 0 Å². The van der Waals surface area contributed by atoms with Gasteiger partial charge in [0.05, 0.1) is 0 Å². The summed E-state index contributed by atoms with van der Waals surface area (Å²) >= 11 is 0. The predicted molar refractivity (Wildman–Crippen MR) is 43.0 cm³/mol. The van der Waals surface area contributed by atoms with Gasteiger partial charge in [-0.15, -0.1) is 0 Å². The Bertz CT molecular complexity index is 484. The van der Waals surface area contributed by atoms with Crippen LogP contribution >= 0.6 is 0 Å². The topological polar surface area (TPSA) is 26.3 Å². The van der Waals surface area contributed by atoms with Gasteiger partial charge in [0.15, 0.2) is 17.5 Å². The Morgan fingerprint density at radius 2 is 1.37 bits per heavy atom. The number of rotatable bonds is 2. The molecule has 0 saturated heterocycles. The molecule has 0 radical (unpaired) electrons. The first kappa shape index (κ1) is 15.2. The van der Waals surface area contributed by atoms with Gasteiger partial charge in [-0.05, 0) is 0 Å². The van der Waals surface area contributed by atoms with E-state index >= 15 is 0 Å². The average Bonchev–Trinajstić information content (AvgIpc) is 2.24. The molecule has 0 saturated carbocycles. The Balaban J connectivity index is 3.02. The van der Waals surface area contributed by atoms with Crippen LogP contribution in [0, 0.1) is 17.5 Å². The number of alkyl halides is 5. The maximum absolute atomic E-state index is 12.6. The van der Waals surface area contributed by atoms with Crippen LogP contribution in [0.4, 0.5) is 35.1 Å².